The highest BCUT2D eigenvalue weighted by atomic mass is 16.5. The largest absolute Gasteiger partial charge is 0.493 e. The zero-order chi connectivity index (χ0) is 16.7. The van der Waals surface area contributed by atoms with E-state index in [2.05, 4.69) is 22.2 Å². The molecular formula is C17H19N3O3. The smallest absolute Gasteiger partial charge is 0.255 e. The van der Waals surface area contributed by atoms with Crippen molar-refractivity contribution in [1.82, 2.24) is 4.98 Å². The van der Waals surface area contributed by atoms with E-state index in [1.165, 1.54) is 7.11 Å². The van der Waals surface area contributed by atoms with Crippen molar-refractivity contribution >= 4 is 17.4 Å². The van der Waals surface area contributed by atoms with E-state index in [1.54, 1.807) is 49.7 Å². The molecule has 0 saturated carbocycles. The number of ether oxygens (including phenoxy) is 2. The summed E-state index contributed by atoms with van der Waals surface area (Å²) in [4.78, 5) is 16.5. The van der Waals surface area contributed by atoms with Gasteiger partial charge in [0.1, 0.15) is 5.82 Å². The number of aromatic nitrogens is 1. The number of nitrogens with one attached hydrogen (secondary N) is 2. The Kier molecular flexibility index (Phi) is 5.57. The van der Waals surface area contributed by atoms with E-state index in [9.17, 15) is 4.79 Å². The highest BCUT2D eigenvalue weighted by molar-refractivity contribution is 6.04. The first-order chi connectivity index (χ1) is 11.2. The molecule has 0 fully saturated rings. The molecule has 23 heavy (non-hydrogen) atoms. The summed E-state index contributed by atoms with van der Waals surface area (Å²) in [5, 5.41) is 5.85. The number of anilines is 2. The van der Waals surface area contributed by atoms with Gasteiger partial charge in [0.05, 0.1) is 26.1 Å². The van der Waals surface area contributed by atoms with Crippen LogP contribution in [0.25, 0.3) is 0 Å². The average Bonchev–Trinajstić information content (AvgIpc) is 2.60. The second-order valence-electron chi connectivity index (χ2n) is 4.63. The molecule has 1 aromatic carbocycles. The van der Waals surface area contributed by atoms with Crippen molar-refractivity contribution in [3.05, 3.63) is 54.7 Å². The third-order valence-electron chi connectivity index (χ3n) is 3.09. The molecule has 0 radical (unpaired) electrons. The molecule has 6 nitrogen and oxygen atoms in total. The molecule has 2 N–H and O–H groups in total. The number of pyridine rings is 1. The van der Waals surface area contributed by atoms with E-state index < -0.39 is 0 Å². The van der Waals surface area contributed by atoms with Crippen molar-refractivity contribution < 1.29 is 14.3 Å². The molecule has 0 aliphatic carbocycles. The lowest BCUT2D eigenvalue weighted by Crippen LogP contribution is -2.12. The Morgan fingerprint density at radius 1 is 1.22 bits per heavy atom. The first kappa shape index (κ1) is 16.4. The van der Waals surface area contributed by atoms with Gasteiger partial charge in [-0.2, -0.15) is 0 Å². The molecule has 1 amide bonds. The van der Waals surface area contributed by atoms with Gasteiger partial charge in [0, 0.05) is 12.1 Å². The number of hydrogen-bond donors (Lipinski definition) is 2. The Morgan fingerprint density at radius 3 is 2.61 bits per heavy atom. The molecule has 0 aliphatic rings. The summed E-state index contributed by atoms with van der Waals surface area (Å²) < 4.78 is 10.4. The van der Waals surface area contributed by atoms with Crippen LogP contribution in [0.15, 0.2) is 49.2 Å². The maximum Gasteiger partial charge on any atom is 0.255 e. The SMILES string of the molecule is C=CCNc1ccc(NC(=O)c2ccc(OC)c(OC)c2)cn1. The Labute approximate surface area is 135 Å². The van der Waals surface area contributed by atoms with Gasteiger partial charge in [0.2, 0.25) is 0 Å². The normalized spacial score (nSPS) is 9.83. The molecule has 0 saturated heterocycles. The fourth-order valence-corrected chi connectivity index (χ4v) is 1.93. The predicted octanol–water partition coefficient (Wildman–Crippen LogP) is 2.95. The zero-order valence-electron chi connectivity index (χ0n) is 13.1. The topological polar surface area (TPSA) is 72.5 Å². The number of carbonyl (C=O) groups excluding carboxylic acids is 1. The Morgan fingerprint density at radius 2 is 2.00 bits per heavy atom. The van der Waals surface area contributed by atoms with Crippen molar-refractivity contribution in [3.8, 4) is 11.5 Å². The lowest BCUT2D eigenvalue weighted by atomic mass is 10.2. The molecule has 120 valence electrons. The fourth-order valence-electron chi connectivity index (χ4n) is 1.93. The van der Waals surface area contributed by atoms with Crippen molar-refractivity contribution in [2.24, 2.45) is 0 Å². The van der Waals surface area contributed by atoms with E-state index in [-0.39, 0.29) is 5.91 Å². The van der Waals surface area contributed by atoms with Crippen LogP contribution in [-0.4, -0.2) is 31.7 Å². The van der Waals surface area contributed by atoms with E-state index in [0.29, 0.717) is 35.1 Å². The number of carbonyl (C=O) groups is 1. The molecule has 1 heterocycles. The summed E-state index contributed by atoms with van der Waals surface area (Å²) >= 11 is 0. The maximum absolute atomic E-state index is 12.3. The van der Waals surface area contributed by atoms with Crippen LogP contribution in [0.2, 0.25) is 0 Å². The van der Waals surface area contributed by atoms with Gasteiger partial charge in [-0.05, 0) is 30.3 Å². The van der Waals surface area contributed by atoms with E-state index >= 15 is 0 Å². The van der Waals surface area contributed by atoms with Gasteiger partial charge < -0.3 is 20.1 Å². The summed E-state index contributed by atoms with van der Waals surface area (Å²) in [7, 11) is 3.07. The number of nitrogens with zero attached hydrogens (tertiary/aromatic N) is 1. The number of rotatable bonds is 7. The second-order valence-corrected chi connectivity index (χ2v) is 4.63. The first-order valence-corrected chi connectivity index (χ1v) is 7.02. The summed E-state index contributed by atoms with van der Waals surface area (Å²) in [6.07, 6.45) is 3.33. The van der Waals surface area contributed by atoms with Gasteiger partial charge in [-0.3, -0.25) is 4.79 Å². The number of methoxy groups -OCH3 is 2. The number of benzene rings is 1. The van der Waals surface area contributed by atoms with Crippen LogP contribution in [0.1, 0.15) is 10.4 Å². The Hall–Kier alpha value is -3.02. The summed E-state index contributed by atoms with van der Waals surface area (Å²) in [6, 6.07) is 8.55. The van der Waals surface area contributed by atoms with Crippen LogP contribution in [0.4, 0.5) is 11.5 Å². The van der Waals surface area contributed by atoms with Gasteiger partial charge in [-0.25, -0.2) is 4.98 Å². The maximum atomic E-state index is 12.3. The van der Waals surface area contributed by atoms with E-state index in [4.69, 9.17) is 9.47 Å². The molecular weight excluding hydrogens is 294 g/mol. The average molecular weight is 313 g/mol. The van der Waals surface area contributed by atoms with Crippen molar-refractivity contribution in [2.75, 3.05) is 31.4 Å². The molecule has 0 unspecified atom stereocenters. The highest BCUT2D eigenvalue weighted by Crippen LogP contribution is 2.27. The number of amides is 1. The Bertz CT molecular complexity index is 684. The van der Waals surface area contributed by atoms with Crippen LogP contribution >= 0.6 is 0 Å². The standard InChI is InChI=1S/C17H19N3O3/c1-4-9-18-16-8-6-13(11-19-16)20-17(21)12-5-7-14(22-2)15(10-12)23-3/h4-8,10-11H,1,9H2,2-3H3,(H,18,19)(H,20,21). The predicted molar refractivity (Wildman–Crippen MR) is 90.4 cm³/mol. The number of hydrogen-bond acceptors (Lipinski definition) is 5. The van der Waals surface area contributed by atoms with E-state index in [1.807, 2.05) is 0 Å². The summed E-state index contributed by atoms with van der Waals surface area (Å²) in [6.45, 7) is 4.26. The molecule has 0 aliphatic heterocycles. The quantitative estimate of drug-likeness (QED) is 0.769. The van der Waals surface area contributed by atoms with Gasteiger partial charge in [0.25, 0.3) is 5.91 Å². The minimum atomic E-state index is -0.250. The van der Waals surface area contributed by atoms with Gasteiger partial charge in [0.15, 0.2) is 11.5 Å². The van der Waals surface area contributed by atoms with Crippen LogP contribution in [0.3, 0.4) is 0 Å². The molecule has 0 bridgehead atoms. The highest BCUT2D eigenvalue weighted by Gasteiger charge is 2.11. The molecule has 2 aromatic rings. The lowest BCUT2D eigenvalue weighted by molar-refractivity contribution is 0.102. The molecule has 6 heteroatoms. The van der Waals surface area contributed by atoms with Crippen molar-refractivity contribution in [1.29, 1.82) is 0 Å². The molecule has 0 spiro atoms. The second kappa shape index (κ2) is 7.84. The van der Waals surface area contributed by atoms with E-state index in [0.717, 1.165) is 0 Å². The zero-order valence-corrected chi connectivity index (χ0v) is 13.1. The van der Waals surface area contributed by atoms with Gasteiger partial charge in [-0.1, -0.05) is 6.08 Å². The Balaban J connectivity index is 2.08. The monoisotopic (exact) mass is 313 g/mol. The first-order valence-electron chi connectivity index (χ1n) is 7.02. The third kappa shape index (κ3) is 4.23. The van der Waals surface area contributed by atoms with Crippen LogP contribution in [0.5, 0.6) is 11.5 Å². The molecule has 2 rings (SSSR count). The van der Waals surface area contributed by atoms with Gasteiger partial charge >= 0.3 is 0 Å². The lowest BCUT2D eigenvalue weighted by Gasteiger charge is -2.10. The molecule has 1 aromatic heterocycles. The fraction of sp³-hybridized carbons (Fsp3) is 0.176. The van der Waals surface area contributed by atoms with Crippen molar-refractivity contribution in [3.63, 3.8) is 0 Å². The van der Waals surface area contributed by atoms with Crippen LogP contribution < -0.4 is 20.1 Å². The summed E-state index contributed by atoms with van der Waals surface area (Å²) in [5.74, 6) is 1.54. The minimum Gasteiger partial charge on any atom is -0.493 e. The molecule has 0 atom stereocenters. The minimum absolute atomic E-state index is 0.250. The van der Waals surface area contributed by atoms with Gasteiger partial charge in [-0.15, -0.1) is 6.58 Å². The van der Waals surface area contributed by atoms with Crippen LogP contribution in [0, 0.1) is 0 Å². The third-order valence-corrected chi connectivity index (χ3v) is 3.09. The van der Waals surface area contributed by atoms with Crippen LogP contribution in [-0.2, 0) is 0 Å². The van der Waals surface area contributed by atoms with Crippen molar-refractivity contribution in [2.45, 2.75) is 0 Å². The summed E-state index contributed by atoms with van der Waals surface area (Å²) in [5.41, 5.74) is 1.07.